The Morgan fingerprint density at radius 1 is 0.667 bits per heavy atom. The Labute approximate surface area is 264 Å². The van der Waals surface area contributed by atoms with E-state index in [-0.39, 0.29) is 0 Å². The lowest BCUT2D eigenvalue weighted by atomic mass is 9.92. The number of nitrogens with zero attached hydrogens (tertiary/aromatic N) is 4. The summed E-state index contributed by atoms with van der Waals surface area (Å²) in [6.07, 6.45) is 5.65. The zero-order chi connectivity index (χ0) is 30.9. The second-order valence-electron chi connectivity index (χ2n) is 11.5. The monoisotopic (exact) mass is 582 g/mol. The topological polar surface area (TPSA) is 31.7 Å². The molecule has 4 heteroatoms. The Bertz CT molecular complexity index is 2190. The maximum absolute atomic E-state index is 4.86. The van der Waals surface area contributed by atoms with Gasteiger partial charge < -0.3 is 0 Å². The smallest absolute Gasteiger partial charge is 0.137 e. The number of pyridine rings is 1. The van der Waals surface area contributed by atoms with Crippen molar-refractivity contribution >= 4 is 66.7 Å². The number of para-hydroxylation sites is 2. The molecule has 0 saturated carbocycles. The highest BCUT2D eigenvalue weighted by atomic mass is 15.2. The molecule has 218 valence electrons. The molecule has 0 radical (unpaired) electrons. The Hall–Kier alpha value is -5.74. The van der Waals surface area contributed by atoms with Gasteiger partial charge in [-0.15, -0.1) is 0 Å². The van der Waals surface area contributed by atoms with Crippen molar-refractivity contribution in [3.8, 4) is 0 Å². The number of aliphatic imine (C=N–C) groups is 1. The number of hydrogen-bond donors (Lipinski definition) is 0. The molecule has 0 bridgehead atoms. The molecule has 0 saturated heterocycles. The van der Waals surface area contributed by atoms with E-state index in [0.717, 1.165) is 50.9 Å². The third-order valence-electron chi connectivity index (χ3n) is 8.12. The summed E-state index contributed by atoms with van der Waals surface area (Å²) in [5.41, 5.74) is 6.47. The molecule has 7 aromatic rings. The third-order valence-corrected chi connectivity index (χ3v) is 8.12. The molecule has 1 heterocycles. The molecule has 0 unspecified atom stereocenters. The first kappa shape index (κ1) is 28.1. The first-order valence-corrected chi connectivity index (χ1v) is 15.2. The van der Waals surface area contributed by atoms with E-state index in [9.17, 15) is 0 Å². The zero-order valence-electron chi connectivity index (χ0n) is 25.8. The number of rotatable bonds is 7. The lowest BCUT2D eigenvalue weighted by molar-refractivity contribution is 1.17. The largest absolute Gasteiger partial charge is 0.294 e. The van der Waals surface area contributed by atoms with Crippen LogP contribution in [-0.4, -0.2) is 10.8 Å². The Balaban J connectivity index is 1.52. The maximum atomic E-state index is 4.86. The molecule has 4 nitrogen and oxygen atoms in total. The van der Waals surface area contributed by atoms with E-state index in [1.165, 1.54) is 26.9 Å². The number of hydrogen-bond acceptors (Lipinski definition) is 3. The first-order valence-electron chi connectivity index (χ1n) is 15.2. The van der Waals surface area contributed by atoms with Gasteiger partial charge in [0.05, 0.1) is 11.4 Å². The highest BCUT2D eigenvalue weighted by Gasteiger charge is 2.22. The van der Waals surface area contributed by atoms with Gasteiger partial charge in [0.15, 0.2) is 0 Å². The molecular formula is C41H34N4. The van der Waals surface area contributed by atoms with Crippen LogP contribution in [0.25, 0.3) is 32.3 Å². The summed E-state index contributed by atoms with van der Waals surface area (Å²) in [5.74, 6) is 1.64. The van der Waals surface area contributed by atoms with Crippen molar-refractivity contribution in [3.05, 3.63) is 158 Å². The van der Waals surface area contributed by atoms with E-state index < -0.39 is 0 Å². The summed E-state index contributed by atoms with van der Waals surface area (Å²) in [4.78, 5) is 14.2. The van der Waals surface area contributed by atoms with E-state index in [2.05, 4.69) is 146 Å². The lowest BCUT2D eigenvalue weighted by Crippen LogP contribution is -2.24. The molecule has 1 aromatic heterocycles. The molecule has 0 aliphatic carbocycles. The SMILES string of the molecule is C=C/C(=N\C=C(C)C)N(c1ccccc1)c1ccc2ccc3c(N(c4ccccc4)c4ccc(C)cn4)ccc4ccc1c2c43. The van der Waals surface area contributed by atoms with Gasteiger partial charge in [0.25, 0.3) is 0 Å². The van der Waals surface area contributed by atoms with Gasteiger partial charge in [0, 0.05) is 34.5 Å². The van der Waals surface area contributed by atoms with Crippen LogP contribution in [0.2, 0.25) is 0 Å². The molecule has 0 aliphatic rings. The molecule has 0 aliphatic heterocycles. The summed E-state index contributed by atoms with van der Waals surface area (Å²) in [7, 11) is 0. The molecule has 45 heavy (non-hydrogen) atoms. The predicted molar refractivity (Wildman–Crippen MR) is 193 cm³/mol. The number of anilines is 5. The van der Waals surface area contributed by atoms with E-state index >= 15 is 0 Å². The van der Waals surface area contributed by atoms with Crippen molar-refractivity contribution in [2.75, 3.05) is 9.80 Å². The highest BCUT2D eigenvalue weighted by Crippen LogP contribution is 2.45. The van der Waals surface area contributed by atoms with Crippen LogP contribution in [0.4, 0.5) is 28.6 Å². The van der Waals surface area contributed by atoms with Crippen LogP contribution in [0.5, 0.6) is 0 Å². The second-order valence-corrected chi connectivity index (χ2v) is 11.5. The van der Waals surface area contributed by atoms with Crippen LogP contribution in [0.15, 0.2) is 157 Å². The number of benzene rings is 6. The Morgan fingerprint density at radius 2 is 1.24 bits per heavy atom. The van der Waals surface area contributed by atoms with Crippen LogP contribution in [0, 0.1) is 6.92 Å². The van der Waals surface area contributed by atoms with E-state index in [1.54, 1.807) is 0 Å². The van der Waals surface area contributed by atoms with E-state index in [0.29, 0.717) is 0 Å². The van der Waals surface area contributed by atoms with Gasteiger partial charge >= 0.3 is 0 Å². The van der Waals surface area contributed by atoms with Crippen molar-refractivity contribution in [1.29, 1.82) is 0 Å². The summed E-state index contributed by atoms with van der Waals surface area (Å²) >= 11 is 0. The van der Waals surface area contributed by atoms with Gasteiger partial charge in [-0.3, -0.25) is 9.80 Å². The van der Waals surface area contributed by atoms with Crippen LogP contribution in [0.1, 0.15) is 19.4 Å². The number of amidine groups is 1. The fourth-order valence-electron chi connectivity index (χ4n) is 6.09. The first-order chi connectivity index (χ1) is 22.0. The molecule has 0 amide bonds. The van der Waals surface area contributed by atoms with Crippen molar-refractivity contribution in [3.63, 3.8) is 0 Å². The van der Waals surface area contributed by atoms with Gasteiger partial charge in [-0.25, -0.2) is 9.98 Å². The quantitative estimate of drug-likeness (QED) is 0.106. The fourth-order valence-corrected chi connectivity index (χ4v) is 6.09. The Kier molecular flexibility index (Phi) is 7.32. The van der Waals surface area contributed by atoms with Crippen LogP contribution < -0.4 is 9.80 Å². The highest BCUT2D eigenvalue weighted by molar-refractivity contribution is 6.29. The summed E-state index contributed by atoms with van der Waals surface area (Å²) in [6, 6.07) is 42.9. The third kappa shape index (κ3) is 5.11. The molecule has 7 rings (SSSR count). The Morgan fingerprint density at radius 3 is 1.82 bits per heavy atom. The van der Waals surface area contributed by atoms with Gasteiger partial charge in [0.2, 0.25) is 0 Å². The molecule has 0 N–H and O–H groups in total. The minimum atomic E-state index is 0.763. The van der Waals surface area contributed by atoms with Gasteiger partial charge in [-0.2, -0.15) is 0 Å². The molecule has 6 aromatic carbocycles. The second kappa shape index (κ2) is 11.7. The van der Waals surface area contributed by atoms with Crippen LogP contribution in [0.3, 0.4) is 0 Å². The lowest BCUT2D eigenvalue weighted by Gasteiger charge is -2.28. The average Bonchev–Trinajstić information content (AvgIpc) is 3.08. The van der Waals surface area contributed by atoms with Crippen LogP contribution >= 0.6 is 0 Å². The maximum Gasteiger partial charge on any atom is 0.137 e. The summed E-state index contributed by atoms with van der Waals surface area (Å²) in [6.45, 7) is 10.3. The minimum absolute atomic E-state index is 0.763. The van der Waals surface area contributed by atoms with Crippen molar-refractivity contribution < 1.29 is 0 Å². The molecule has 0 atom stereocenters. The molecular weight excluding hydrogens is 548 g/mol. The van der Waals surface area contributed by atoms with E-state index in [4.69, 9.17) is 9.98 Å². The number of aryl methyl sites for hydroxylation is 1. The number of aromatic nitrogens is 1. The molecule has 0 fully saturated rings. The van der Waals surface area contributed by atoms with Gasteiger partial charge in [-0.1, -0.05) is 91.0 Å². The minimum Gasteiger partial charge on any atom is -0.294 e. The zero-order valence-corrected chi connectivity index (χ0v) is 25.8. The van der Waals surface area contributed by atoms with Gasteiger partial charge in [0.1, 0.15) is 11.7 Å². The summed E-state index contributed by atoms with van der Waals surface area (Å²) < 4.78 is 0. The standard InChI is InChI=1S/C41H34N4/c1-5-38(42-26-28(2)3)44(32-12-8-6-9-13-32)36-23-19-30-18-22-35-37(24-20-31-17-21-34(36)40(30)41(31)35)45(33-14-10-7-11-15-33)39-25-16-29(4)27-43-39/h5-27H,1H2,2-4H3/b42-38+. The molecule has 0 spiro atoms. The fraction of sp³-hybridized carbons (Fsp3) is 0.0732. The van der Waals surface area contributed by atoms with E-state index in [1.807, 2.05) is 30.6 Å². The number of allylic oxidation sites excluding steroid dienone is 1. The van der Waals surface area contributed by atoms with Crippen molar-refractivity contribution in [2.24, 2.45) is 4.99 Å². The van der Waals surface area contributed by atoms with Crippen molar-refractivity contribution in [1.82, 2.24) is 4.98 Å². The predicted octanol–water partition coefficient (Wildman–Crippen LogP) is 11.4. The normalized spacial score (nSPS) is 11.7. The van der Waals surface area contributed by atoms with Gasteiger partial charge in [-0.05, 0) is 96.4 Å². The summed E-state index contributed by atoms with van der Waals surface area (Å²) in [5, 5.41) is 7.16. The van der Waals surface area contributed by atoms with Crippen molar-refractivity contribution in [2.45, 2.75) is 20.8 Å². The van der Waals surface area contributed by atoms with Crippen LogP contribution in [-0.2, 0) is 0 Å². The average molecular weight is 583 g/mol.